The predicted octanol–water partition coefficient (Wildman–Crippen LogP) is 5.13. The maximum atomic E-state index is 6.45. The molecule has 0 spiro atoms. The molecule has 3 aromatic rings. The van der Waals surface area contributed by atoms with Gasteiger partial charge in [-0.3, -0.25) is 0 Å². The maximum absolute atomic E-state index is 6.45. The van der Waals surface area contributed by atoms with Crippen LogP contribution in [0.4, 0.5) is 0 Å². The molecule has 0 amide bonds. The molecule has 0 saturated heterocycles. The fourth-order valence-corrected chi connectivity index (χ4v) is 6.97. The molecule has 0 fully saturated rings. The van der Waals surface area contributed by atoms with Crippen LogP contribution in [0.2, 0.25) is 0 Å². The third-order valence-electron chi connectivity index (χ3n) is 5.12. The quantitative estimate of drug-likeness (QED) is 0.536. The lowest BCUT2D eigenvalue weighted by atomic mass is 10.2. The third-order valence-corrected chi connectivity index (χ3v) is 10.1. The van der Waals surface area contributed by atoms with Gasteiger partial charge in [0.1, 0.15) is 0 Å². The van der Waals surface area contributed by atoms with Gasteiger partial charge in [-0.1, -0.05) is 105 Å². The number of rotatable bonds is 6. The van der Waals surface area contributed by atoms with E-state index in [4.69, 9.17) is 11.8 Å². The molecule has 0 radical (unpaired) electrons. The fourth-order valence-electron chi connectivity index (χ4n) is 3.27. The molecule has 0 nitrogen and oxygen atoms in total. The molecule has 3 rings (SSSR count). The summed E-state index contributed by atoms with van der Waals surface area (Å²) in [5.41, 5.74) is 4.08. The summed E-state index contributed by atoms with van der Waals surface area (Å²) in [7, 11) is 0. The van der Waals surface area contributed by atoms with Crippen LogP contribution in [-0.4, -0.2) is 0 Å². The Morgan fingerprint density at radius 2 is 0.731 bits per heavy atom. The van der Waals surface area contributed by atoms with Crippen molar-refractivity contribution in [2.45, 2.75) is 40.0 Å². The first-order chi connectivity index (χ1) is 12.6. The molecule has 0 heterocycles. The molecule has 0 aliphatic rings. The summed E-state index contributed by atoms with van der Waals surface area (Å²) in [6, 6.07) is 24.9. The van der Waals surface area contributed by atoms with Crippen LogP contribution in [0.5, 0.6) is 0 Å². The minimum absolute atomic E-state index is 1.06. The topological polar surface area (TPSA) is 0 Å². The lowest BCUT2D eigenvalue weighted by Gasteiger charge is -2.25. The van der Waals surface area contributed by atoms with Gasteiger partial charge in [0.15, 0.2) is 0 Å². The van der Waals surface area contributed by atoms with Crippen molar-refractivity contribution in [3.05, 3.63) is 89.5 Å². The second-order valence-corrected chi connectivity index (χ2v) is 11.1. The summed E-state index contributed by atoms with van der Waals surface area (Å²) in [4.78, 5) is 0. The highest BCUT2D eigenvalue weighted by atomic mass is 32.4. The predicted molar refractivity (Wildman–Crippen MR) is 121 cm³/mol. The largest absolute Gasteiger partial charge is 0.0826 e. The normalized spacial score (nSPS) is 11.5. The number of aryl methyl sites for hydroxylation is 3. The summed E-state index contributed by atoms with van der Waals surface area (Å²) >= 11 is 6.45. The van der Waals surface area contributed by atoms with Crippen LogP contribution < -0.4 is 15.9 Å². The Morgan fingerprint density at radius 3 is 0.923 bits per heavy atom. The van der Waals surface area contributed by atoms with Gasteiger partial charge >= 0.3 is 0 Å². The highest BCUT2D eigenvalue weighted by molar-refractivity contribution is 8.25. The van der Waals surface area contributed by atoms with E-state index < -0.39 is 6.04 Å². The van der Waals surface area contributed by atoms with Crippen LogP contribution in [0, 0.1) is 0 Å². The zero-order valence-electron chi connectivity index (χ0n) is 15.9. The Hall–Kier alpha value is -1.69. The van der Waals surface area contributed by atoms with Crippen LogP contribution in [0.3, 0.4) is 0 Å². The van der Waals surface area contributed by atoms with E-state index in [-0.39, 0.29) is 0 Å². The van der Waals surface area contributed by atoms with Gasteiger partial charge in [0.05, 0.1) is 0 Å². The minimum atomic E-state index is -2.03. The molecule has 0 bridgehead atoms. The number of benzene rings is 3. The van der Waals surface area contributed by atoms with Gasteiger partial charge in [0.25, 0.3) is 0 Å². The van der Waals surface area contributed by atoms with E-state index in [9.17, 15) is 0 Å². The molecule has 0 unspecified atom stereocenters. The summed E-state index contributed by atoms with van der Waals surface area (Å²) in [6.45, 7) is 6.58. The zero-order chi connectivity index (χ0) is 18.6. The molecule has 0 aromatic heterocycles. The first-order valence-electron chi connectivity index (χ1n) is 9.50. The van der Waals surface area contributed by atoms with Crippen LogP contribution in [0.15, 0.2) is 72.8 Å². The zero-order valence-corrected chi connectivity index (χ0v) is 17.6. The van der Waals surface area contributed by atoms with Gasteiger partial charge < -0.3 is 0 Å². The molecule has 0 atom stereocenters. The molecule has 0 saturated carbocycles. The van der Waals surface area contributed by atoms with Crippen LogP contribution in [0.1, 0.15) is 37.5 Å². The van der Waals surface area contributed by atoms with Crippen molar-refractivity contribution >= 4 is 33.8 Å². The van der Waals surface area contributed by atoms with E-state index in [0.29, 0.717) is 0 Å². The SMILES string of the molecule is CCc1ccc(P(=S)(c2ccc(CC)cc2)c2ccc(CC)cc2)cc1. The van der Waals surface area contributed by atoms with E-state index in [1.165, 1.54) is 32.6 Å². The first kappa shape index (κ1) is 19.1. The fraction of sp³-hybridized carbons (Fsp3) is 0.250. The molecule has 26 heavy (non-hydrogen) atoms. The summed E-state index contributed by atoms with van der Waals surface area (Å²) in [5, 5.41) is 3.83. The van der Waals surface area contributed by atoms with Gasteiger partial charge in [0.2, 0.25) is 0 Å². The van der Waals surface area contributed by atoms with Gasteiger partial charge in [-0.05, 0) is 51.9 Å². The second kappa shape index (κ2) is 8.33. The molecule has 0 aliphatic heterocycles. The van der Waals surface area contributed by atoms with E-state index in [1.807, 2.05) is 0 Å². The van der Waals surface area contributed by atoms with Crippen molar-refractivity contribution in [3.63, 3.8) is 0 Å². The number of hydrogen-bond donors (Lipinski definition) is 0. The molecule has 134 valence electrons. The Labute approximate surface area is 163 Å². The lowest BCUT2D eigenvalue weighted by molar-refractivity contribution is 1.14. The molecule has 2 heteroatoms. The molecule has 0 N–H and O–H groups in total. The van der Waals surface area contributed by atoms with Crippen molar-refractivity contribution < 1.29 is 0 Å². The van der Waals surface area contributed by atoms with Gasteiger partial charge in [-0.15, -0.1) is 0 Å². The molecular weight excluding hydrogens is 351 g/mol. The lowest BCUT2D eigenvalue weighted by Crippen LogP contribution is -2.25. The third kappa shape index (κ3) is 3.70. The van der Waals surface area contributed by atoms with Crippen molar-refractivity contribution in [2.75, 3.05) is 0 Å². The van der Waals surface area contributed by atoms with Gasteiger partial charge in [0, 0.05) is 6.04 Å². The standard InChI is InChI=1S/C24H27PS/c1-4-19-7-13-22(14-8-19)25(26,23-15-9-20(5-2)10-16-23)24-17-11-21(6-3)12-18-24/h7-18H,4-6H2,1-3H3. The highest BCUT2D eigenvalue weighted by Gasteiger charge is 2.24. The molecule has 3 aromatic carbocycles. The minimum Gasteiger partial charge on any atom is -0.0826 e. The highest BCUT2D eigenvalue weighted by Crippen LogP contribution is 2.42. The average molecular weight is 379 g/mol. The monoisotopic (exact) mass is 378 g/mol. The Balaban J connectivity index is 2.16. The van der Waals surface area contributed by atoms with Gasteiger partial charge in [-0.25, -0.2) is 0 Å². The van der Waals surface area contributed by atoms with E-state index in [1.54, 1.807) is 0 Å². The van der Waals surface area contributed by atoms with E-state index in [0.717, 1.165) is 19.3 Å². The summed E-state index contributed by atoms with van der Waals surface area (Å²) in [6.07, 6.45) is 3.17. The Morgan fingerprint density at radius 1 is 0.500 bits per heavy atom. The Kier molecular flexibility index (Phi) is 6.12. The van der Waals surface area contributed by atoms with E-state index in [2.05, 4.69) is 93.6 Å². The molecule has 0 aliphatic carbocycles. The van der Waals surface area contributed by atoms with Crippen molar-refractivity contribution in [3.8, 4) is 0 Å². The van der Waals surface area contributed by atoms with Crippen LogP contribution in [-0.2, 0) is 31.1 Å². The Bertz CT molecular complexity index is 768. The second-order valence-electron chi connectivity index (χ2n) is 6.67. The average Bonchev–Trinajstić information content (AvgIpc) is 2.73. The van der Waals surface area contributed by atoms with Gasteiger partial charge in [-0.2, -0.15) is 0 Å². The van der Waals surface area contributed by atoms with Crippen LogP contribution >= 0.6 is 6.04 Å². The maximum Gasteiger partial charge on any atom is 0.0379 e. The summed E-state index contributed by atoms with van der Waals surface area (Å²) in [5.74, 6) is 0. The van der Waals surface area contributed by atoms with Crippen molar-refractivity contribution in [1.29, 1.82) is 0 Å². The van der Waals surface area contributed by atoms with Crippen LogP contribution in [0.25, 0.3) is 0 Å². The summed E-state index contributed by atoms with van der Waals surface area (Å²) < 4.78 is 0. The first-order valence-corrected chi connectivity index (χ1v) is 12.3. The number of hydrogen-bond acceptors (Lipinski definition) is 1. The van der Waals surface area contributed by atoms with E-state index >= 15 is 0 Å². The smallest absolute Gasteiger partial charge is 0.0379 e. The van der Waals surface area contributed by atoms with Crippen molar-refractivity contribution in [2.24, 2.45) is 0 Å². The van der Waals surface area contributed by atoms with Crippen molar-refractivity contribution in [1.82, 2.24) is 0 Å². The molecular formula is C24H27PS.